The molecule has 0 aliphatic heterocycles. The number of hydrogen-bond acceptors (Lipinski definition) is 7. The monoisotopic (exact) mass is 477 g/mol. The number of rotatable bonds is 9. The molecule has 0 bridgehead atoms. The highest BCUT2D eigenvalue weighted by atomic mass is 19.1. The number of nitro benzene ring substituents is 1. The Morgan fingerprint density at radius 3 is 2.51 bits per heavy atom. The molecule has 0 aliphatic carbocycles. The van der Waals surface area contributed by atoms with E-state index in [-0.39, 0.29) is 29.7 Å². The predicted molar refractivity (Wildman–Crippen MR) is 125 cm³/mol. The second-order valence-electron chi connectivity index (χ2n) is 7.29. The third-order valence-electron chi connectivity index (χ3n) is 4.90. The van der Waals surface area contributed by atoms with Crippen molar-refractivity contribution in [3.05, 3.63) is 94.3 Å². The van der Waals surface area contributed by atoms with Crippen LogP contribution in [0.2, 0.25) is 0 Å². The molecule has 10 nitrogen and oxygen atoms in total. The smallest absolute Gasteiger partial charge is 0.336 e. The van der Waals surface area contributed by atoms with Gasteiger partial charge in [0.15, 0.2) is 5.82 Å². The fourth-order valence-electron chi connectivity index (χ4n) is 3.19. The second kappa shape index (κ2) is 10.5. The Morgan fingerprint density at radius 1 is 1.09 bits per heavy atom. The van der Waals surface area contributed by atoms with Gasteiger partial charge in [0.2, 0.25) is 0 Å². The van der Waals surface area contributed by atoms with Crippen LogP contribution in [0.3, 0.4) is 0 Å². The molecule has 0 saturated carbocycles. The number of amides is 1. The van der Waals surface area contributed by atoms with E-state index in [0.29, 0.717) is 29.4 Å². The molecular formula is C24H20FN5O5. The van der Waals surface area contributed by atoms with Crippen molar-refractivity contribution >= 4 is 17.3 Å². The van der Waals surface area contributed by atoms with Crippen LogP contribution in [-0.2, 0) is 4.74 Å². The number of methoxy groups -OCH3 is 1. The Hall–Kier alpha value is -4.64. The zero-order chi connectivity index (χ0) is 24.8. The van der Waals surface area contributed by atoms with Gasteiger partial charge >= 0.3 is 6.01 Å². The van der Waals surface area contributed by atoms with Crippen LogP contribution in [0.5, 0.6) is 6.01 Å². The second-order valence-corrected chi connectivity index (χ2v) is 7.29. The maximum atomic E-state index is 13.5. The van der Waals surface area contributed by atoms with Crippen molar-refractivity contribution in [3.63, 3.8) is 0 Å². The van der Waals surface area contributed by atoms with Gasteiger partial charge in [-0.1, -0.05) is 6.07 Å². The fourth-order valence-corrected chi connectivity index (χ4v) is 3.19. The van der Waals surface area contributed by atoms with Gasteiger partial charge in [-0.15, -0.1) is 5.10 Å². The first kappa shape index (κ1) is 23.5. The Balaban J connectivity index is 1.62. The summed E-state index contributed by atoms with van der Waals surface area (Å²) >= 11 is 0. The molecule has 178 valence electrons. The first-order valence-corrected chi connectivity index (χ1v) is 10.5. The van der Waals surface area contributed by atoms with Crippen LogP contribution in [-0.4, -0.2) is 45.9 Å². The summed E-state index contributed by atoms with van der Waals surface area (Å²) in [5.41, 5.74) is 1.81. The predicted octanol–water partition coefficient (Wildman–Crippen LogP) is 4.26. The summed E-state index contributed by atoms with van der Waals surface area (Å²) in [6.45, 7) is 0.597. The number of carbonyl (C=O) groups is 1. The van der Waals surface area contributed by atoms with Crippen LogP contribution >= 0.6 is 0 Å². The van der Waals surface area contributed by atoms with E-state index in [9.17, 15) is 19.3 Å². The van der Waals surface area contributed by atoms with Crippen LogP contribution < -0.4 is 10.1 Å². The fraction of sp³-hybridized carbons (Fsp3) is 0.125. The molecule has 1 aromatic heterocycles. The third-order valence-corrected chi connectivity index (χ3v) is 4.90. The van der Waals surface area contributed by atoms with E-state index in [2.05, 4.69) is 15.4 Å². The van der Waals surface area contributed by atoms with Crippen molar-refractivity contribution in [1.29, 1.82) is 0 Å². The summed E-state index contributed by atoms with van der Waals surface area (Å²) in [6.07, 6.45) is 0. The van der Waals surface area contributed by atoms with Crippen LogP contribution in [0.15, 0.2) is 72.8 Å². The average Bonchev–Trinajstić information content (AvgIpc) is 3.29. The average molecular weight is 477 g/mol. The molecule has 3 aromatic carbocycles. The summed E-state index contributed by atoms with van der Waals surface area (Å²) in [6, 6.07) is 18.1. The molecule has 1 N–H and O–H groups in total. The lowest BCUT2D eigenvalue weighted by Gasteiger charge is -2.09. The number of nitro groups is 1. The maximum absolute atomic E-state index is 13.5. The van der Waals surface area contributed by atoms with Gasteiger partial charge in [0.1, 0.15) is 12.4 Å². The van der Waals surface area contributed by atoms with E-state index in [1.807, 2.05) is 0 Å². The van der Waals surface area contributed by atoms with E-state index < -0.39 is 10.8 Å². The van der Waals surface area contributed by atoms with E-state index in [1.165, 1.54) is 41.1 Å². The van der Waals surface area contributed by atoms with Crippen molar-refractivity contribution < 1.29 is 23.6 Å². The molecule has 1 amide bonds. The van der Waals surface area contributed by atoms with Crippen LogP contribution in [0.25, 0.3) is 17.1 Å². The van der Waals surface area contributed by atoms with Crippen LogP contribution in [0, 0.1) is 15.9 Å². The Bertz CT molecular complexity index is 1340. The molecule has 0 saturated heterocycles. The van der Waals surface area contributed by atoms with Gasteiger partial charge in [-0.3, -0.25) is 14.9 Å². The Kier molecular flexibility index (Phi) is 7.07. The molecular weight excluding hydrogens is 457 g/mol. The zero-order valence-electron chi connectivity index (χ0n) is 18.6. The lowest BCUT2D eigenvalue weighted by molar-refractivity contribution is -0.384. The standard InChI is InChI=1S/C24H20FN5O5/c1-34-13-14-35-24-27-22(16-5-9-18(25)10-6-16)29(28-24)21-4-2-3-19(15-21)26-23(31)17-7-11-20(12-8-17)30(32)33/h2-12,15H,13-14H2,1H3,(H,26,31). The number of nitrogens with one attached hydrogen (secondary N) is 1. The molecule has 1 heterocycles. The van der Waals surface area contributed by atoms with Crippen molar-refractivity contribution in [2.75, 3.05) is 25.6 Å². The van der Waals surface area contributed by atoms with Crippen LogP contribution in [0.4, 0.5) is 15.8 Å². The number of aromatic nitrogens is 3. The number of hydrogen-bond donors (Lipinski definition) is 1. The highest BCUT2D eigenvalue weighted by molar-refractivity contribution is 6.04. The number of anilines is 1. The normalized spacial score (nSPS) is 10.7. The van der Waals surface area contributed by atoms with Gasteiger partial charge in [-0.2, -0.15) is 4.98 Å². The third kappa shape index (κ3) is 5.65. The number of nitrogens with zero attached hydrogens (tertiary/aromatic N) is 4. The van der Waals surface area contributed by atoms with E-state index in [4.69, 9.17) is 9.47 Å². The highest BCUT2D eigenvalue weighted by Crippen LogP contribution is 2.25. The summed E-state index contributed by atoms with van der Waals surface area (Å²) in [5, 5.41) is 18.0. The topological polar surface area (TPSA) is 121 Å². The summed E-state index contributed by atoms with van der Waals surface area (Å²) in [4.78, 5) is 27.4. The highest BCUT2D eigenvalue weighted by Gasteiger charge is 2.16. The number of halogens is 1. The van der Waals surface area contributed by atoms with E-state index >= 15 is 0 Å². The minimum Gasteiger partial charge on any atom is -0.460 e. The number of benzene rings is 3. The molecule has 0 unspecified atom stereocenters. The maximum Gasteiger partial charge on any atom is 0.336 e. The SMILES string of the molecule is COCCOc1nc(-c2ccc(F)cc2)n(-c2cccc(NC(=O)c3ccc([N+](=O)[O-])cc3)c2)n1. The molecule has 0 fully saturated rings. The number of ether oxygens (including phenoxy) is 2. The molecule has 4 aromatic rings. The van der Waals surface area contributed by atoms with Gasteiger partial charge < -0.3 is 14.8 Å². The lowest BCUT2D eigenvalue weighted by atomic mass is 10.2. The molecule has 35 heavy (non-hydrogen) atoms. The minimum atomic E-state index is -0.533. The molecule has 0 radical (unpaired) electrons. The quantitative estimate of drug-likeness (QED) is 0.217. The van der Waals surface area contributed by atoms with Crippen molar-refractivity contribution in [3.8, 4) is 23.1 Å². The molecule has 0 atom stereocenters. The van der Waals surface area contributed by atoms with Gasteiger partial charge in [0, 0.05) is 36.1 Å². The van der Waals surface area contributed by atoms with Gasteiger partial charge in [0.05, 0.1) is 17.2 Å². The summed E-state index contributed by atoms with van der Waals surface area (Å²) in [5.74, 6) is -0.401. The van der Waals surface area contributed by atoms with Gasteiger partial charge in [-0.05, 0) is 54.6 Å². The van der Waals surface area contributed by atoms with Crippen molar-refractivity contribution in [2.45, 2.75) is 0 Å². The number of non-ortho nitro benzene ring substituents is 1. The molecule has 4 rings (SSSR count). The van der Waals surface area contributed by atoms with Gasteiger partial charge in [0.25, 0.3) is 11.6 Å². The Labute approximate surface area is 199 Å². The molecule has 11 heteroatoms. The van der Waals surface area contributed by atoms with Crippen LogP contribution in [0.1, 0.15) is 10.4 Å². The minimum absolute atomic E-state index is 0.105. The Morgan fingerprint density at radius 2 is 1.83 bits per heavy atom. The zero-order valence-corrected chi connectivity index (χ0v) is 18.6. The number of carbonyl (C=O) groups excluding carboxylic acids is 1. The molecule has 0 aliphatic rings. The first-order valence-electron chi connectivity index (χ1n) is 10.5. The van der Waals surface area contributed by atoms with Crippen molar-refractivity contribution in [1.82, 2.24) is 14.8 Å². The van der Waals surface area contributed by atoms with Gasteiger partial charge in [-0.25, -0.2) is 9.07 Å². The molecule has 0 spiro atoms. The summed E-state index contributed by atoms with van der Waals surface area (Å²) in [7, 11) is 1.55. The summed E-state index contributed by atoms with van der Waals surface area (Å²) < 4.78 is 25.5. The lowest BCUT2D eigenvalue weighted by Crippen LogP contribution is -2.12. The largest absolute Gasteiger partial charge is 0.460 e. The van der Waals surface area contributed by atoms with E-state index in [0.717, 1.165) is 0 Å². The first-order chi connectivity index (χ1) is 16.9. The van der Waals surface area contributed by atoms with Crippen molar-refractivity contribution in [2.24, 2.45) is 0 Å². The van der Waals surface area contributed by atoms with E-state index in [1.54, 1.807) is 43.5 Å².